The lowest BCUT2D eigenvalue weighted by Gasteiger charge is -2.31. The molecule has 1 amide bonds. The van der Waals surface area contributed by atoms with E-state index in [1.807, 2.05) is 13.0 Å². The van der Waals surface area contributed by atoms with Gasteiger partial charge in [-0.25, -0.2) is 0 Å². The van der Waals surface area contributed by atoms with Gasteiger partial charge in [0.05, 0.1) is 19.1 Å². The lowest BCUT2D eigenvalue weighted by atomic mass is 10.2. The van der Waals surface area contributed by atoms with Gasteiger partial charge in [0.1, 0.15) is 11.5 Å². The van der Waals surface area contributed by atoms with Crippen molar-refractivity contribution in [3.63, 3.8) is 0 Å². The molecule has 122 valence electrons. The van der Waals surface area contributed by atoms with E-state index in [1.165, 1.54) is 0 Å². The number of furan rings is 1. The van der Waals surface area contributed by atoms with Crippen molar-refractivity contribution in [1.29, 1.82) is 0 Å². The third-order valence-corrected chi connectivity index (χ3v) is 3.63. The molecule has 1 unspecified atom stereocenters. The van der Waals surface area contributed by atoms with Crippen molar-refractivity contribution in [3.8, 4) is 11.5 Å². The van der Waals surface area contributed by atoms with E-state index in [4.69, 9.17) is 14.3 Å². The minimum absolute atomic E-state index is 0.124. The summed E-state index contributed by atoms with van der Waals surface area (Å²) < 4.78 is 10.9. The van der Waals surface area contributed by atoms with Crippen LogP contribution in [0.2, 0.25) is 0 Å². The molecule has 1 fully saturated rings. The van der Waals surface area contributed by atoms with Gasteiger partial charge in [0.25, 0.3) is 5.91 Å². The van der Waals surface area contributed by atoms with Crippen LogP contribution in [-0.2, 0) is 9.53 Å². The van der Waals surface area contributed by atoms with Crippen molar-refractivity contribution < 1.29 is 23.8 Å². The smallest absolute Gasteiger partial charge is 0.306 e. The van der Waals surface area contributed by atoms with Crippen molar-refractivity contribution in [2.75, 3.05) is 19.7 Å². The summed E-state index contributed by atoms with van der Waals surface area (Å²) in [5.74, 6) is 0.181. The molecule has 1 saturated heterocycles. The number of amides is 1. The van der Waals surface area contributed by atoms with Crippen LogP contribution in [0.4, 0.5) is 0 Å². The van der Waals surface area contributed by atoms with Crippen LogP contribution in [0, 0.1) is 6.92 Å². The molecule has 2 aromatic heterocycles. The number of rotatable bonds is 4. The molecule has 3 rings (SSSR count). The van der Waals surface area contributed by atoms with Crippen LogP contribution in [0.5, 0.6) is 0 Å². The highest BCUT2D eigenvalue weighted by molar-refractivity contribution is 5.93. The average molecular weight is 319 g/mol. The molecule has 8 heteroatoms. The maximum atomic E-state index is 12.5. The fraction of sp³-hybridized carbons (Fsp3) is 0.400. The highest BCUT2D eigenvalue weighted by atomic mass is 16.5. The number of aliphatic carboxylic acids is 1. The lowest BCUT2D eigenvalue weighted by Crippen LogP contribution is -2.46. The van der Waals surface area contributed by atoms with E-state index < -0.39 is 12.1 Å². The number of carbonyl (C=O) groups excluding carboxylic acids is 1. The maximum Gasteiger partial charge on any atom is 0.306 e. The second-order valence-corrected chi connectivity index (χ2v) is 5.42. The Balaban J connectivity index is 1.70. The van der Waals surface area contributed by atoms with Crippen LogP contribution < -0.4 is 0 Å². The normalized spacial score (nSPS) is 18.1. The van der Waals surface area contributed by atoms with Crippen molar-refractivity contribution >= 4 is 11.9 Å². The predicted molar refractivity (Wildman–Crippen MR) is 78.9 cm³/mol. The Hall–Kier alpha value is -2.61. The number of nitrogens with zero attached hydrogens (tertiary/aromatic N) is 2. The minimum Gasteiger partial charge on any atom is -0.481 e. The molecular weight excluding hydrogens is 302 g/mol. The molecule has 0 bridgehead atoms. The number of hydrogen-bond donors (Lipinski definition) is 2. The number of carboxylic acid groups (broad SMARTS) is 1. The Morgan fingerprint density at radius 1 is 1.48 bits per heavy atom. The molecule has 23 heavy (non-hydrogen) atoms. The highest BCUT2D eigenvalue weighted by Crippen LogP contribution is 2.21. The first-order chi connectivity index (χ1) is 11.0. The molecule has 3 heterocycles. The van der Waals surface area contributed by atoms with Gasteiger partial charge in [-0.1, -0.05) is 0 Å². The van der Waals surface area contributed by atoms with Crippen LogP contribution in [0.15, 0.2) is 22.6 Å². The molecule has 1 aliphatic rings. The van der Waals surface area contributed by atoms with Gasteiger partial charge in [-0.2, -0.15) is 5.10 Å². The molecule has 1 aliphatic heterocycles. The number of nitrogens with one attached hydrogen (secondary N) is 1. The van der Waals surface area contributed by atoms with E-state index in [-0.39, 0.29) is 24.6 Å². The molecule has 1 atom stereocenters. The molecule has 8 nitrogen and oxygen atoms in total. The Labute approximate surface area is 132 Å². The molecule has 2 aromatic rings. The Bertz CT molecular complexity index is 720. The number of carboxylic acids is 1. The van der Waals surface area contributed by atoms with E-state index in [9.17, 15) is 9.59 Å². The molecule has 0 saturated carbocycles. The monoisotopic (exact) mass is 319 g/mol. The largest absolute Gasteiger partial charge is 0.481 e. The zero-order valence-electron chi connectivity index (χ0n) is 12.6. The zero-order chi connectivity index (χ0) is 16.4. The Morgan fingerprint density at radius 2 is 2.30 bits per heavy atom. The van der Waals surface area contributed by atoms with E-state index in [1.54, 1.807) is 17.0 Å². The van der Waals surface area contributed by atoms with Crippen LogP contribution in [0.1, 0.15) is 22.7 Å². The fourth-order valence-corrected chi connectivity index (χ4v) is 2.52. The average Bonchev–Trinajstić information content (AvgIpc) is 3.15. The molecular formula is C15H17N3O5. The first-order valence-corrected chi connectivity index (χ1v) is 7.28. The van der Waals surface area contributed by atoms with Gasteiger partial charge < -0.3 is 19.2 Å². The maximum absolute atomic E-state index is 12.5. The van der Waals surface area contributed by atoms with Gasteiger partial charge in [0.15, 0.2) is 11.5 Å². The van der Waals surface area contributed by atoms with Crippen LogP contribution in [0.3, 0.4) is 0 Å². The van der Waals surface area contributed by atoms with Gasteiger partial charge in [-0.15, -0.1) is 0 Å². The summed E-state index contributed by atoms with van der Waals surface area (Å²) in [6.07, 6.45) is -0.613. The van der Waals surface area contributed by atoms with Crippen LogP contribution >= 0.6 is 0 Å². The summed E-state index contributed by atoms with van der Waals surface area (Å²) in [5, 5.41) is 15.6. The van der Waals surface area contributed by atoms with Gasteiger partial charge in [-0.05, 0) is 19.1 Å². The summed E-state index contributed by atoms with van der Waals surface area (Å²) in [4.78, 5) is 24.8. The number of morpholine rings is 1. The summed E-state index contributed by atoms with van der Waals surface area (Å²) in [7, 11) is 0. The second kappa shape index (κ2) is 6.25. The predicted octanol–water partition coefficient (Wildman–Crippen LogP) is 1.29. The molecule has 0 spiro atoms. The van der Waals surface area contributed by atoms with E-state index in [0.29, 0.717) is 24.6 Å². The SMILES string of the molecule is Cc1ccc(-c2cc(C(=O)N3CCOC(CC(=O)O)C3)n[nH]2)o1. The number of aryl methyl sites for hydroxylation is 1. The van der Waals surface area contributed by atoms with Crippen molar-refractivity contribution in [3.05, 3.63) is 29.7 Å². The minimum atomic E-state index is -0.945. The lowest BCUT2D eigenvalue weighted by molar-refractivity contribution is -0.141. The highest BCUT2D eigenvalue weighted by Gasteiger charge is 2.28. The van der Waals surface area contributed by atoms with Gasteiger partial charge in [-0.3, -0.25) is 14.7 Å². The third-order valence-electron chi connectivity index (χ3n) is 3.63. The number of aromatic nitrogens is 2. The summed E-state index contributed by atoms with van der Waals surface area (Å²) >= 11 is 0. The quantitative estimate of drug-likeness (QED) is 0.879. The summed E-state index contributed by atoms with van der Waals surface area (Å²) in [5.41, 5.74) is 0.891. The number of H-pyrrole nitrogens is 1. The van der Waals surface area contributed by atoms with Crippen LogP contribution in [-0.4, -0.2) is 57.9 Å². The first kappa shape index (κ1) is 15.3. The standard InChI is InChI=1S/C15H17N3O5/c1-9-2-3-13(23-9)11-7-12(17-16-11)15(21)18-4-5-22-10(8-18)6-14(19)20/h2-3,7,10H,4-6,8H2,1H3,(H,16,17)(H,19,20). The molecule has 0 aliphatic carbocycles. The number of aromatic amines is 1. The fourth-order valence-electron chi connectivity index (χ4n) is 2.52. The summed E-state index contributed by atoms with van der Waals surface area (Å²) in [6, 6.07) is 5.26. The third kappa shape index (κ3) is 3.42. The van der Waals surface area contributed by atoms with Crippen molar-refractivity contribution in [2.45, 2.75) is 19.4 Å². The first-order valence-electron chi connectivity index (χ1n) is 7.28. The zero-order valence-corrected chi connectivity index (χ0v) is 12.6. The number of carbonyl (C=O) groups is 2. The molecule has 2 N–H and O–H groups in total. The van der Waals surface area contributed by atoms with Gasteiger partial charge in [0.2, 0.25) is 0 Å². The Kier molecular flexibility index (Phi) is 4.16. The number of hydrogen-bond acceptors (Lipinski definition) is 5. The molecule has 0 aromatic carbocycles. The van der Waals surface area contributed by atoms with Gasteiger partial charge >= 0.3 is 5.97 Å². The topological polar surface area (TPSA) is 109 Å². The van der Waals surface area contributed by atoms with E-state index >= 15 is 0 Å². The van der Waals surface area contributed by atoms with Gasteiger partial charge in [0, 0.05) is 19.2 Å². The van der Waals surface area contributed by atoms with Crippen LogP contribution in [0.25, 0.3) is 11.5 Å². The number of ether oxygens (including phenoxy) is 1. The molecule has 0 radical (unpaired) electrons. The van der Waals surface area contributed by atoms with Crippen molar-refractivity contribution in [1.82, 2.24) is 15.1 Å². The van der Waals surface area contributed by atoms with Crippen molar-refractivity contribution in [2.24, 2.45) is 0 Å². The van der Waals surface area contributed by atoms with E-state index in [0.717, 1.165) is 5.76 Å². The van der Waals surface area contributed by atoms with E-state index in [2.05, 4.69) is 10.2 Å². The second-order valence-electron chi connectivity index (χ2n) is 5.42. The summed E-state index contributed by atoms with van der Waals surface area (Å²) in [6.45, 7) is 2.81. The Morgan fingerprint density at radius 3 is 3.00 bits per heavy atom.